The van der Waals surface area contributed by atoms with Crippen LogP contribution in [-0.2, 0) is 32.7 Å². The molecule has 0 aromatic heterocycles. The number of esters is 2. The fraction of sp³-hybridized carbons (Fsp3) is 0.792. The second-order valence-corrected chi connectivity index (χ2v) is 18.4. The highest BCUT2D eigenvalue weighted by molar-refractivity contribution is 7.47. The lowest BCUT2D eigenvalue weighted by Gasteiger charge is -2.24. The predicted octanol–water partition coefficient (Wildman–Crippen LogP) is 12.4. The van der Waals surface area contributed by atoms with E-state index in [1.807, 2.05) is 39.4 Å². The minimum atomic E-state index is -4.40. The first-order valence-corrected chi connectivity index (χ1v) is 24.9. The number of phosphoric acid groups is 1. The highest BCUT2D eigenvalue weighted by Crippen LogP contribution is 2.43. The Kier molecular flexibility index (Phi) is 38.6. The van der Waals surface area contributed by atoms with Gasteiger partial charge in [-0.25, -0.2) is 4.57 Å². The van der Waals surface area contributed by atoms with Crippen LogP contribution < -0.4 is 0 Å². The standard InChI is InChI=1S/C48H88NO9P/c1-6-8-10-11-12-13-14-15-16-17-18-19-24-27-30-33-36-40-48(52)58-46(44-57-59(53,54)56-42-41-49(3,4)5)43-55-47(51)39-35-32-29-26-23-21-20-22-25-28-31-34-38-45(50)37-9-7-2/h20-21,25-26,28-29,34,38,45-46,50H,6-19,22-24,27,30-33,35-37,39-44H2,1-5H3/p+1/b21-20-,28-25-,29-26-,38-34-/t45-,46+/m0/s1. The zero-order valence-corrected chi connectivity index (χ0v) is 39.2. The van der Waals surface area contributed by atoms with Gasteiger partial charge >= 0.3 is 19.8 Å². The second-order valence-electron chi connectivity index (χ2n) is 17.0. The molecule has 0 spiro atoms. The molecule has 0 heterocycles. The van der Waals surface area contributed by atoms with Crippen LogP contribution in [0.3, 0.4) is 0 Å². The molecule has 0 amide bonds. The number of likely N-dealkylation sites (N-methyl/N-ethyl adjacent to an activating group) is 1. The Morgan fingerprint density at radius 3 is 1.59 bits per heavy atom. The Morgan fingerprint density at radius 2 is 1.07 bits per heavy atom. The zero-order valence-electron chi connectivity index (χ0n) is 38.3. The summed E-state index contributed by atoms with van der Waals surface area (Å²) in [5, 5.41) is 9.83. The number of hydrogen-bond donors (Lipinski definition) is 2. The third-order valence-electron chi connectivity index (χ3n) is 9.93. The fourth-order valence-electron chi connectivity index (χ4n) is 6.20. The van der Waals surface area contributed by atoms with E-state index in [2.05, 4.69) is 44.2 Å². The minimum Gasteiger partial charge on any atom is -0.462 e. The average Bonchev–Trinajstić information content (AvgIpc) is 3.18. The molecule has 0 fully saturated rings. The van der Waals surface area contributed by atoms with Gasteiger partial charge in [0.05, 0.1) is 33.9 Å². The maximum absolute atomic E-state index is 12.7. The predicted molar refractivity (Wildman–Crippen MR) is 244 cm³/mol. The first-order valence-electron chi connectivity index (χ1n) is 23.5. The number of hydrogen-bond acceptors (Lipinski definition) is 8. The van der Waals surface area contributed by atoms with E-state index in [0.29, 0.717) is 23.9 Å². The molecule has 0 aliphatic heterocycles. The highest BCUT2D eigenvalue weighted by atomic mass is 31.2. The summed E-state index contributed by atoms with van der Waals surface area (Å²) in [6.07, 6.45) is 43.6. The lowest BCUT2D eigenvalue weighted by Crippen LogP contribution is -2.37. The summed E-state index contributed by atoms with van der Waals surface area (Å²) in [4.78, 5) is 35.4. The van der Waals surface area contributed by atoms with Crippen LogP contribution in [0, 0.1) is 0 Å². The molecule has 11 heteroatoms. The number of unbranched alkanes of at least 4 members (excludes halogenated alkanes) is 18. The van der Waals surface area contributed by atoms with Gasteiger partial charge < -0.3 is 24.0 Å². The quantitative estimate of drug-likeness (QED) is 0.0203. The lowest BCUT2D eigenvalue weighted by atomic mass is 10.0. The number of rotatable bonds is 42. The molecule has 0 bridgehead atoms. The smallest absolute Gasteiger partial charge is 0.462 e. The van der Waals surface area contributed by atoms with Crippen LogP contribution in [0.4, 0.5) is 0 Å². The van der Waals surface area contributed by atoms with Gasteiger partial charge in [0.15, 0.2) is 6.10 Å². The SMILES string of the molecule is CCCCCCCCCCCCCCCCCCCC(=O)O[C@H](COC(=O)CCC/C=C\C/C=C\C/C=C\C/C=C\[C@@H](O)CCCC)COP(=O)(O)OCC[N+](C)(C)C. The van der Waals surface area contributed by atoms with Crippen molar-refractivity contribution < 1.29 is 47.2 Å². The Hall–Kier alpha value is -2.07. The minimum absolute atomic E-state index is 0.0164. The van der Waals surface area contributed by atoms with Gasteiger partial charge in [-0.2, -0.15) is 0 Å². The van der Waals surface area contributed by atoms with Crippen LogP contribution in [0.1, 0.15) is 187 Å². The van der Waals surface area contributed by atoms with Crippen LogP contribution in [0.15, 0.2) is 48.6 Å². The van der Waals surface area contributed by atoms with Crippen LogP contribution in [0.5, 0.6) is 0 Å². The van der Waals surface area contributed by atoms with Crippen molar-refractivity contribution in [2.24, 2.45) is 0 Å². The zero-order chi connectivity index (χ0) is 43.7. The van der Waals surface area contributed by atoms with Crippen LogP contribution in [-0.4, -0.2) is 86.1 Å². The second kappa shape index (κ2) is 40.0. The van der Waals surface area contributed by atoms with Gasteiger partial charge in [-0.1, -0.05) is 178 Å². The number of phosphoric ester groups is 1. The van der Waals surface area contributed by atoms with Gasteiger partial charge in [-0.15, -0.1) is 0 Å². The molecule has 1 unspecified atom stereocenters. The summed E-state index contributed by atoms with van der Waals surface area (Å²) in [7, 11) is 1.42. The van der Waals surface area contributed by atoms with E-state index in [0.717, 1.165) is 64.2 Å². The fourth-order valence-corrected chi connectivity index (χ4v) is 6.94. The maximum Gasteiger partial charge on any atom is 0.472 e. The van der Waals surface area contributed by atoms with E-state index in [1.54, 1.807) is 0 Å². The normalized spacial score (nSPS) is 14.5. The molecule has 0 saturated carbocycles. The number of allylic oxidation sites excluding steroid dienone is 7. The van der Waals surface area contributed by atoms with Crippen LogP contribution in [0.25, 0.3) is 0 Å². The largest absolute Gasteiger partial charge is 0.472 e. The van der Waals surface area contributed by atoms with Crippen molar-refractivity contribution in [1.82, 2.24) is 0 Å². The van der Waals surface area contributed by atoms with Crippen molar-refractivity contribution in [3.8, 4) is 0 Å². The van der Waals surface area contributed by atoms with E-state index in [9.17, 15) is 24.2 Å². The molecule has 0 rings (SSSR count). The van der Waals surface area contributed by atoms with E-state index in [-0.39, 0.29) is 32.2 Å². The van der Waals surface area contributed by atoms with E-state index < -0.39 is 32.5 Å². The molecule has 344 valence electrons. The Labute approximate surface area is 361 Å². The van der Waals surface area contributed by atoms with Gasteiger partial charge in [-0.3, -0.25) is 18.6 Å². The van der Waals surface area contributed by atoms with Gasteiger partial charge in [-0.05, 0) is 44.9 Å². The first kappa shape index (κ1) is 56.9. The third-order valence-corrected chi connectivity index (χ3v) is 10.9. The van der Waals surface area contributed by atoms with Crippen molar-refractivity contribution in [3.05, 3.63) is 48.6 Å². The Balaban J connectivity index is 4.42. The van der Waals surface area contributed by atoms with Gasteiger partial charge in [0.25, 0.3) is 0 Å². The van der Waals surface area contributed by atoms with Crippen molar-refractivity contribution in [2.75, 3.05) is 47.5 Å². The molecule has 59 heavy (non-hydrogen) atoms. The number of carbonyl (C=O) groups excluding carboxylic acids is 2. The number of nitrogens with zero attached hydrogens (tertiary/aromatic N) is 1. The topological polar surface area (TPSA) is 129 Å². The van der Waals surface area contributed by atoms with E-state index in [1.165, 1.54) is 83.5 Å². The van der Waals surface area contributed by atoms with Crippen molar-refractivity contribution in [1.29, 1.82) is 0 Å². The summed E-state index contributed by atoms with van der Waals surface area (Å²) >= 11 is 0. The Morgan fingerprint density at radius 1 is 0.593 bits per heavy atom. The molecule has 0 aliphatic carbocycles. The van der Waals surface area contributed by atoms with Gasteiger partial charge in [0, 0.05) is 12.8 Å². The van der Waals surface area contributed by atoms with Gasteiger partial charge in [0.1, 0.15) is 19.8 Å². The summed E-state index contributed by atoms with van der Waals surface area (Å²) in [5.74, 6) is -0.883. The van der Waals surface area contributed by atoms with E-state index >= 15 is 0 Å². The van der Waals surface area contributed by atoms with Gasteiger partial charge in [0.2, 0.25) is 0 Å². The van der Waals surface area contributed by atoms with E-state index in [4.69, 9.17) is 18.5 Å². The molecule has 0 radical (unpaired) electrons. The third kappa shape index (κ3) is 43.8. The van der Waals surface area contributed by atoms with Crippen molar-refractivity contribution in [3.63, 3.8) is 0 Å². The van der Waals surface area contributed by atoms with Crippen molar-refractivity contribution in [2.45, 2.75) is 199 Å². The number of ether oxygens (including phenoxy) is 2. The summed E-state index contributed by atoms with van der Waals surface area (Å²) in [6, 6.07) is 0. The number of aliphatic hydroxyl groups is 1. The van der Waals surface area contributed by atoms with Crippen LogP contribution >= 0.6 is 7.82 Å². The van der Waals surface area contributed by atoms with Crippen LogP contribution in [0.2, 0.25) is 0 Å². The lowest BCUT2D eigenvalue weighted by molar-refractivity contribution is -0.870. The molecule has 0 aromatic rings. The van der Waals surface area contributed by atoms with Crippen molar-refractivity contribution >= 4 is 19.8 Å². The monoisotopic (exact) mass is 855 g/mol. The molecule has 3 atom stereocenters. The summed E-state index contributed by atoms with van der Waals surface area (Å²) in [5.41, 5.74) is 0. The number of carbonyl (C=O) groups is 2. The number of aliphatic hydroxyl groups excluding tert-OH is 1. The molecular formula is C48H89NO9P+. The molecule has 0 saturated heterocycles. The average molecular weight is 855 g/mol. The summed E-state index contributed by atoms with van der Waals surface area (Å²) in [6.45, 7) is 4.20. The molecule has 10 nitrogen and oxygen atoms in total. The number of quaternary nitrogens is 1. The highest BCUT2D eigenvalue weighted by Gasteiger charge is 2.27. The molecular weight excluding hydrogens is 766 g/mol. The molecule has 2 N–H and O–H groups in total. The summed E-state index contributed by atoms with van der Waals surface area (Å²) < 4.78 is 34.3. The Bertz CT molecular complexity index is 1160. The molecule has 0 aliphatic rings. The first-order chi connectivity index (χ1) is 28.4. The maximum atomic E-state index is 12.7. The molecule has 0 aromatic carbocycles.